The summed E-state index contributed by atoms with van der Waals surface area (Å²) in [6.45, 7) is 4.49. The molecule has 3 aromatic rings. The van der Waals surface area contributed by atoms with Crippen LogP contribution in [-0.2, 0) is 11.3 Å². The van der Waals surface area contributed by atoms with E-state index in [9.17, 15) is 9.59 Å². The summed E-state index contributed by atoms with van der Waals surface area (Å²) in [5.41, 5.74) is 5.31. The fraction of sp³-hybridized carbons (Fsp3) is 0.208. The van der Waals surface area contributed by atoms with Crippen molar-refractivity contribution in [3.8, 4) is 0 Å². The highest BCUT2D eigenvalue weighted by atomic mass is 16.2. The van der Waals surface area contributed by atoms with Crippen molar-refractivity contribution in [1.29, 1.82) is 0 Å². The van der Waals surface area contributed by atoms with E-state index in [1.807, 2.05) is 56.3 Å². The number of rotatable bonds is 5. The van der Waals surface area contributed by atoms with Crippen LogP contribution >= 0.6 is 0 Å². The predicted octanol–water partition coefficient (Wildman–Crippen LogP) is 4.11. The molecule has 0 bridgehead atoms. The number of aromatic nitrogens is 1. The van der Waals surface area contributed by atoms with E-state index in [0.29, 0.717) is 17.8 Å². The van der Waals surface area contributed by atoms with E-state index in [-0.39, 0.29) is 18.2 Å². The second kappa shape index (κ2) is 7.87. The van der Waals surface area contributed by atoms with Gasteiger partial charge in [0, 0.05) is 18.4 Å². The molecule has 1 N–H and O–H groups in total. The number of amides is 2. The van der Waals surface area contributed by atoms with Crippen LogP contribution in [0.4, 0.5) is 5.69 Å². The Hall–Kier alpha value is -3.47. The van der Waals surface area contributed by atoms with Crippen LogP contribution in [0.15, 0.2) is 66.9 Å². The largest absolute Gasteiger partial charge is 0.352 e. The molecule has 0 aliphatic carbocycles. The zero-order chi connectivity index (χ0) is 20.4. The van der Waals surface area contributed by atoms with Crippen molar-refractivity contribution in [3.05, 3.63) is 94.8 Å². The molecule has 0 radical (unpaired) electrons. The summed E-state index contributed by atoms with van der Waals surface area (Å²) >= 11 is 0. The molecule has 5 heteroatoms. The first-order valence-electron chi connectivity index (χ1n) is 9.70. The van der Waals surface area contributed by atoms with Gasteiger partial charge in [-0.25, -0.2) is 0 Å². The van der Waals surface area contributed by atoms with Gasteiger partial charge in [0.2, 0.25) is 5.91 Å². The standard InChI is InChI=1S/C24H23N3O2/c1-16-8-10-19(11-9-16)27-21(23-20(24(27)29)7-4-12-25-23)14-22(28)26-15-18-6-3-5-17(2)13-18/h3-13,21H,14-15H2,1-2H3,(H,26,28)/t21-/m1/s1. The molecule has 4 rings (SSSR count). The number of carbonyl (C=O) groups excluding carboxylic acids is 2. The topological polar surface area (TPSA) is 62.3 Å². The lowest BCUT2D eigenvalue weighted by atomic mass is 10.1. The molecule has 0 saturated heterocycles. The summed E-state index contributed by atoms with van der Waals surface area (Å²) < 4.78 is 0. The summed E-state index contributed by atoms with van der Waals surface area (Å²) in [5.74, 6) is -0.228. The molecule has 1 aliphatic rings. The Kier molecular flexibility index (Phi) is 5.12. The van der Waals surface area contributed by atoms with Crippen molar-refractivity contribution in [2.24, 2.45) is 0 Å². The first-order chi connectivity index (χ1) is 14.0. The third-order valence-corrected chi connectivity index (χ3v) is 5.18. The van der Waals surface area contributed by atoms with Crippen LogP contribution in [-0.4, -0.2) is 16.8 Å². The van der Waals surface area contributed by atoms with Crippen LogP contribution in [0.1, 0.15) is 45.2 Å². The monoisotopic (exact) mass is 385 g/mol. The molecular weight excluding hydrogens is 362 g/mol. The van der Waals surface area contributed by atoms with Gasteiger partial charge < -0.3 is 5.32 Å². The van der Waals surface area contributed by atoms with Gasteiger partial charge >= 0.3 is 0 Å². The Balaban J connectivity index is 1.56. The number of hydrogen-bond donors (Lipinski definition) is 1. The number of pyridine rings is 1. The highest BCUT2D eigenvalue weighted by Gasteiger charge is 2.39. The number of aryl methyl sites for hydroxylation is 2. The quantitative estimate of drug-likeness (QED) is 0.719. The average molecular weight is 385 g/mol. The molecule has 1 aliphatic heterocycles. The molecule has 0 unspecified atom stereocenters. The van der Waals surface area contributed by atoms with Crippen molar-refractivity contribution in [3.63, 3.8) is 0 Å². The number of benzene rings is 2. The van der Waals surface area contributed by atoms with E-state index < -0.39 is 6.04 Å². The van der Waals surface area contributed by atoms with Gasteiger partial charge in [0.25, 0.3) is 5.91 Å². The minimum Gasteiger partial charge on any atom is -0.352 e. The van der Waals surface area contributed by atoms with Crippen LogP contribution < -0.4 is 10.2 Å². The molecular formula is C24H23N3O2. The van der Waals surface area contributed by atoms with Gasteiger partial charge in [-0.2, -0.15) is 0 Å². The van der Waals surface area contributed by atoms with Crippen molar-refractivity contribution in [1.82, 2.24) is 10.3 Å². The number of carbonyl (C=O) groups is 2. The third-order valence-electron chi connectivity index (χ3n) is 5.18. The van der Waals surface area contributed by atoms with E-state index in [2.05, 4.69) is 16.4 Å². The molecule has 5 nitrogen and oxygen atoms in total. The maximum Gasteiger partial charge on any atom is 0.260 e. The number of nitrogens with zero attached hydrogens (tertiary/aromatic N) is 2. The molecule has 1 atom stereocenters. The van der Waals surface area contributed by atoms with Crippen LogP contribution in [0.25, 0.3) is 0 Å². The lowest BCUT2D eigenvalue weighted by Gasteiger charge is -2.24. The summed E-state index contributed by atoms with van der Waals surface area (Å²) in [6, 6.07) is 18.9. The molecule has 2 heterocycles. The van der Waals surface area contributed by atoms with Gasteiger partial charge in [0.05, 0.1) is 23.7 Å². The number of fused-ring (bicyclic) bond motifs is 1. The Morgan fingerprint density at radius 2 is 1.83 bits per heavy atom. The van der Waals surface area contributed by atoms with Crippen molar-refractivity contribution in [2.45, 2.75) is 32.9 Å². The fourth-order valence-electron chi connectivity index (χ4n) is 3.72. The molecule has 0 fully saturated rings. The van der Waals surface area contributed by atoms with Crippen molar-refractivity contribution >= 4 is 17.5 Å². The Morgan fingerprint density at radius 3 is 2.59 bits per heavy atom. The summed E-state index contributed by atoms with van der Waals surface area (Å²) in [6.07, 6.45) is 1.83. The minimum atomic E-state index is -0.418. The normalized spacial score (nSPS) is 15.3. The van der Waals surface area contributed by atoms with Gasteiger partial charge in [-0.3, -0.25) is 19.5 Å². The van der Waals surface area contributed by atoms with Gasteiger partial charge in [-0.1, -0.05) is 47.5 Å². The summed E-state index contributed by atoms with van der Waals surface area (Å²) in [7, 11) is 0. The van der Waals surface area contributed by atoms with Gasteiger partial charge in [0.1, 0.15) is 0 Å². The number of hydrogen-bond acceptors (Lipinski definition) is 3. The number of anilines is 1. The Labute approximate surface area is 170 Å². The molecule has 1 aromatic heterocycles. The molecule has 29 heavy (non-hydrogen) atoms. The van der Waals surface area contributed by atoms with Crippen LogP contribution in [0.5, 0.6) is 0 Å². The van der Waals surface area contributed by atoms with Gasteiger partial charge in [0.15, 0.2) is 0 Å². The van der Waals surface area contributed by atoms with E-state index in [4.69, 9.17) is 0 Å². The molecule has 0 saturated carbocycles. The zero-order valence-electron chi connectivity index (χ0n) is 16.6. The Morgan fingerprint density at radius 1 is 1.03 bits per heavy atom. The number of nitrogens with one attached hydrogen (secondary N) is 1. The zero-order valence-corrected chi connectivity index (χ0v) is 16.6. The first kappa shape index (κ1) is 18.9. The third kappa shape index (κ3) is 3.90. The van der Waals surface area contributed by atoms with Crippen LogP contribution in [0.2, 0.25) is 0 Å². The van der Waals surface area contributed by atoms with E-state index >= 15 is 0 Å². The van der Waals surface area contributed by atoms with E-state index in [0.717, 1.165) is 22.4 Å². The van der Waals surface area contributed by atoms with Gasteiger partial charge in [-0.15, -0.1) is 0 Å². The lowest BCUT2D eigenvalue weighted by molar-refractivity contribution is -0.121. The first-order valence-corrected chi connectivity index (χ1v) is 9.70. The van der Waals surface area contributed by atoms with Gasteiger partial charge in [-0.05, 0) is 43.7 Å². The molecule has 146 valence electrons. The van der Waals surface area contributed by atoms with Crippen LogP contribution in [0.3, 0.4) is 0 Å². The SMILES string of the molecule is Cc1ccc(N2C(=O)c3cccnc3[C@H]2CC(=O)NCc2cccc(C)c2)cc1. The molecule has 0 spiro atoms. The highest BCUT2D eigenvalue weighted by Crippen LogP contribution is 2.38. The van der Waals surface area contributed by atoms with Crippen LogP contribution in [0, 0.1) is 13.8 Å². The molecule has 2 aromatic carbocycles. The summed E-state index contributed by atoms with van der Waals surface area (Å²) in [5, 5.41) is 2.98. The second-order valence-corrected chi connectivity index (χ2v) is 7.43. The Bertz CT molecular complexity index is 1060. The smallest absolute Gasteiger partial charge is 0.260 e. The maximum atomic E-state index is 13.0. The van der Waals surface area contributed by atoms with E-state index in [1.165, 1.54) is 0 Å². The van der Waals surface area contributed by atoms with Crippen molar-refractivity contribution < 1.29 is 9.59 Å². The molecule has 2 amide bonds. The average Bonchev–Trinajstić information content (AvgIpc) is 2.99. The van der Waals surface area contributed by atoms with Crippen molar-refractivity contribution in [2.75, 3.05) is 4.90 Å². The second-order valence-electron chi connectivity index (χ2n) is 7.43. The van der Waals surface area contributed by atoms with E-state index in [1.54, 1.807) is 23.2 Å². The highest BCUT2D eigenvalue weighted by molar-refractivity contribution is 6.11. The lowest BCUT2D eigenvalue weighted by Crippen LogP contribution is -2.33. The minimum absolute atomic E-state index is 0.111. The summed E-state index contributed by atoms with van der Waals surface area (Å²) in [4.78, 5) is 31.9. The fourth-order valence-corrected chi connectivity index (χ4v) is 3.72. The predicted molar refractivity (Wildman–Crippen MR) is 113 cm³/mol. The maximum absolute atomic E-state index is 13.0.